The Morgan fingerprint density at radius 3 is 2.89 bits per heavy atom. The van der Waals surface area contributed by atoms with Gasteiger partial charge in [0.25, 0.3) is 0 Å². The molecule has 2 aliphatic carbocycles. The van der Waals surface area contributed by atoms with Crippen molar-refractivity contribution in [2.75, 3.05) is 7.11 Å². The van der Waals surface area contributed by atoms with Gasteiger partial charge in [0.1, 0.15) is 0 Å². The van der Waals surface area contributed by atoms with Crippen LogP contribution in [0.5, 0.6) is 0 Å². The van der Waals surface area contributed by atoms with Crippen molar-refractivity contribution in [3.63, 3.8) is 0 Å². The van der Waals surface area contributed by atoms with Crippen LogP contribution in [-0.2, 0) is 9.53 Å². The molecule has 4 atom stereocenters. The van der Waals surface area contributed by atoms with Gasteiger partial charge in [-0.1, -0.05) is 25.2 Å². The molecule has 0 spiro atoms. The molecule has 106 valence electrons. The molecule has 0 amide bonds. The number of hydrogen-bond donors (Lipinski definition) is 1. The molecule has 0 bridgehead atoms. The van der Waals surface area contributed by atoms with Crippen molar-refractivity contribution in [3.8, 4) is 0 Å². The highest BCUT2D eigenvalue weighted by Crippen LogP contribution is 2.53. The van der Waals surface area contributed by atoms with Crippen molar-refractivity contribution in [2.24, 2.45) is 17.3 Å². The quantitative estimate of drug-likeness (QED) is 0.474. The van der Waals surface area contributed by atoms with Gasteiger partial charge in [0.2, 0.25) is 0 Å². The lowest BCUT2D eigenvalue weighted by molar-refractivity contribution is -0.137. The van der Waals surface area contributed by atoms with Gasteiger partial charge in [-0.2, -0.15) is 0 Å². The smallest absolute Gasteiger partial charge is 0.333 e. The molecule has 0 aromatic heterocycles. The maximum absolute atomic E-state index is 11.6. The van der Waals surface area contributed by atoms with Gasteiger partial charge in [-0.15, -0.1) is 0 Å². The highest BCUT2D eigenvalue weighted by atomic mass is 16.5. The van der Waals surface area contributed by atoms with E-state index in [1.165, 1.54) is 12.7 Å². The lowest BCUT2D eigenvalue weighted by Gasteiger charge is -2.48. The summed E-state index contributed by atoms with van der Waals surface area (Å²) in [4.78, 5) is 11.6. The Kier molecular flexibility index (Phi) is 3.86. The number of carbonyl (C=O) groups excluding carboxylic acids is 1. The molecule has 3 nitrogen and oxygen atoms in total. The third kappa shape index (κ3) is 2.62. The summed E-state index contributed by atoms with van der Waals surface area (Å²) < 4.78 is 4.78. The fraction of sp³-hybridized carbons (Fsp3) is 0.688. The number of rotatable bonds is 2. The van der Waals surface area contributed by atoms with E-state index < -0.39 is 0 Å². The van der Waals surface area contributed by atoms with Gasteiger partial charge in [0, 0.05) is 5.57 Å². The van der Waals surface area contributed by atoms with Crippen LogP contribution in [0.3, 0.4) is 0 Å². The molecule has 0 aromatic rings. The molecule has 0 saturated heterocycles. The molecule has 3 heteroatoms. The molecule has 0 radical (unpaired) electrons. The second kappa shape index (κ2) is 5.12. The van der Waals surface area contributed by atoms with E-state index in [9.17, 15) is 9.90 Å². The zero-order valence-corrected chi connectivity index (χ0v) is 12.1. The van der Waals surface area contributed by atoms with Crippen molar-refractivity contribution in [2.45, 2.75) is 45.6 Å². The van der Waals surface area contributed by atoms with E-state index in [2.05, 4.69) is 20.4 Å². The lowest BCUT2D eigenvalue weighted by atomic mass is 9.57. The number of carbonyl (C=O) groups is 1. The van der Waals surface area contributed by atoms with Gasteiger partial charge in [-0.25, -0.2) is 4.79 Å². The molecule has 1 fully saturated rings. The maximum atomic E-state index is 11.6. The van der Waals surface area contributed by atoms with Crippen LogP contribution in [0.4, 0.5) is 0 Å². The predicted molar refractivity (Wildman–Crippen MR) is 74.5 cm³/mol. The van der Waals surface area contributed by atoms with Crippen LogP contribution < -0.4 is 0 Å². The zero-order valence-electron chi connectivity index (χ0n) is 12.1. The molecule has 1 saturated carbocycles. The van der Waals surface area contributed by atoms with Crippen LogP contribution in [-0.4, -0.2) is 24.3 Å². The van der Waals surface area contributed by atoms with Crippen molar-refractivity contribution in [3.05, 3.63) is 23.8 Å². The van der Waals surface area contributed by atoms with Crippen LogP contribution in [0.1, 0.15) is 39.5 Å². The average molecular weight is 264 g/mol. The Bertz CT molecular complexity index is 424. The average Bonchev–Trinajstić information content (AvgIpc) is 2.35. The third-order valence-corrected chi connectivity index (χ3v) is 5.05. The van der Waals surface area contributed by atoms with E-state index >= 15 is 0 Å². The Morgan fingerprint density at radius 1 is 1.58 bits per heavy atom. The van der Waals surface area contributed by atoms with Crippen molar-refractivity contribution in [1.82, 2.24) is 0 Å². The number of ether oxygens (including phenoxy) is 1. The Balaban J connectivity index is 2.16. The number of fused-ring (bicyclic) bond motifs is 1. The van der Waals surface area contributed by atoms with Crippen LogP contribution in [0, 0.1) is 17.3 Å². The fourth-order valence-corrected chi connectivity index (χ4v) is 3.92. The van der Waals surface area contributed by atoms with Crippen molar-refractivity contribution >= 4 is 5.97 Å². The summed E-state index contributed by atoms with van der Waals surface area (Å²) >= 11 is 0. The molecular weight excluding hydrogens is 240 g/mol. The molecule has 0 aliphatic heterocycles. The molecule has 0 aromatic carbocycles. The van der Waals surface area contributed by atoms with Crippen LogP contribution in [0.15, 0.2) is 23.8 Å². The van der Waals surface area contributed by atoms with Gasteiger partial charge in [0.15, 0.2) is 0 Å². The minimum absolute atomic E-state index is 0.158. The lowest BCUT2D eigenvalue weighted by Crippen LogP contribution is -2.41. The number of allylic oxidation sites excluding steroid dienone is 1. The minimum Gasteiger partial charge on any atom is -0.466 e. The summed E-state index contributed by atoms with van der Waals surface area (Å²) in [6.45, 7) is 8.26. The van der Waals surface area contributed by atoms with Crippen molar-refractivity contribution in [1.29, 1.82) is 0 Å². The van der Waals surface area contributed by atoms with Crippen LogP contribution in [0.2, 0.25) is 0 Å². The van der Waals surface area contributed by atoms with E-state index in [1.54, 1.807) is 0 Å². The topological polar surface area (TPSA) is 46.5 Å². The SMILES string of the molecule is C=C(C(=O)OC)C1CCC2(C)CC(O)C=C(C)C2C1. The highest BCUT2D eigenvalue weighted by molar-refractivity contribution is 5.88. The van der Waals surface area contributed by atoms with E-state index in [-0.39, 0.29) is 23.4 Å². The third-order valence-electron chi connectivity index (χ3n) is 5.05. The van der Waals surface area contributed by atoms with Gasteiger partial charge in [-0.05, 0) is 49.9 Å². The second-order valence-corrected chi connectivity index (χ2v) is 6.38. The Labute approximate surface area is 115 Å². The fourth-order valence-electron chi connectivity index (χ4n) is 3.92. The molecule has 0 heterocycles. The van der Waals surface area contributed by atoms with E-state index in [1.807, 2.05) is 6.08 Å². The maximum Gasteiger partial charge on any atom is 0.333 e. The number of hydrogen-bond acceptors (Lipinski definition) is 3. The number of esters is 1. The van der Waals surface area contributed by atoms with Gasteiger partial charge in [0.05, 0.1) is 13.2 Å². The summed E-state index contributed by atoms with van der Waals surface area (Å²) in [5.74, 6) is 0.367. The molecular formula is C16H24O3. The molecule has 2 rings (SSSR count). The Hall–Kier alpha value is -1.09. The first-order chi connectivity index (χ1) is 8.87. The van der Waals surface area contributed by atoms with E-state index in [0.717, 1.165) is 25.7 Å². The summed E-state index contributed by atoms with van der Waals surface area (Å²) in [6.07, 6.45) is 5.41. The molecule has 2 aliphatic rings. The molecule has 1 N–H and O–H groups in total. The number of methoxy groups -OCH3 is 1. The first-order valence-electron chi connectivity index (χ1n) is 7.01. The second-order valence-electron chi connectivity index (χ2n) is 6.38. The van der Waals surface area contributed by atoms with Crippen LogP contribution in [0.25, 0.3) is 0 Å². The minimum atomic E-state index is -0.318. The zero-order chi connectivity index (χ0) is 14.2. The first kappa shape index (κ1) is 14.3. The van der Waals surface area contributed by atoms with E-state index in [4.69, 9.17) is 4.74 Å². The number of aliphatic hydroxyl groups is 1. The van der Waals surface area contributed by atoms with Crippen LogP contribution >= 0.6 is 0 Å². The summed E-state index contributed by atoms with van der Waals surface area (Å²) in [6, 6.07) is 0. The summed E-state index contributed by atoms with van der Waals surface area (Å²) in [5.41, 5.74) is 2.01. The highest BCUT2D eigenvalue weighted by Gasteiger charge is 2.44. The normalized spacial score (nSPS) is 38.1. The molecule has 4 unspecified atom stereocenters. The number of aliphatic hydroxyl groups excluding tert-OH is 1. The summed E-state index contributed by atoms with van der Waals surface area (Å²) in [5, 5.41) is 9.92. The summed E-state index contributed by atoms with van der Waals surface area (Å²) in [7, 11) is 1.41. The first-order valence-corrected chi connectivity index (χ1v) is 7.01. The van der Waals surface area contributed by atoms with Crippen molar-refractivity contribution < 1.29 is 14.6 Å². The largest absolute Gasteiger partial charge is 0.466 e. The molecule has 19 heavy (non-hydrogen) atoms. The predicted octanol–water partition coefficient (Wildman–Crippen LogP) is 2.85. The van der Waals surface area contributed by atoms with Gasteiger partial charge >= 0.3 is 5.97 Å². The van der Waals surface area contributed by atoms with Gasteiger partial charge < -0.3 is 9.84 Å². The van der Waals surface area contributed by atoms with Gasteiger partial charge in [-0.3, -0.25) is 0 Å². The monoisotopic (exact) mass is 264 g/mol. The van der Waals surface area contributed by atoms with E-state index in [0.29, 0.717) is 11.5 Å². The standard InChI is InChI=1S/C16H24O3/c1-10-7-13(17)9-16(3)6-5-12(8-14(10)16)11(2)15(18)19-4/h7,12-14,17H,2,5-6,8-9H2,1,3-4H3. The Morgan fingerprint density at radius 2 is 2.26 bits per heavy atom.